The number of carbonyl (C=O) groups excluding carboxylic acids is 1. The van der Waals surface area contributed by atoms with Crippen molar-refractivity contribution in [1.82, 2.24) is 14.5 Å². The van der Waals surface area contributed by atoms with E-state index in [-0.39, 0.29) is 5.52 Å². The zero-order chi connectivity index (χ0) is 20.5. The second-order valence-electron chi connectivity index (χ2n) is 7.21. The third kappa shape index (κ3) is 4.22. The number of pyridine rings is 1. The predicted molar refractivity (Wildman–Crippen MR) is 102 cm³/mol. The molecule has 0 fully saturated rings. The topological polar surface area (TPSA) is 111 Å². The standard InChI is InChI=1S/C20H19N3O5/c1-20(2,3)28-19(27)13-6-4-12(5-7-13)14-8-9-15-17(22-14)18(26)23(11-21-15)10-16(24)25/h4-9,11H,10H2,1-3H3,(H,24,25). The lowest BCUT2D eigenvalue weighted by molar-refractivity contribution is -0.137. The molecular formula is C20H19N3O5. The molecule has 2 aromatic heterocycles. The van der Waals surface area contributed by atoms with Gasteiger partial charge >= 0.3 is 11.9 Å². The van der Waals surface area contributed by atoms with Gasteiger partial charge in [0.1, 0.15) is 12.1 Å². The van der Waals surface area contributed by atoms with Crippen molar-refractivity contribution < 1.29 is 19.4 Å². The number of carboxylic acid groups (broad SMARTS) is 1. The van der Waals surface area contributed by atoms with Crippen molar-refractivity contribution in [3.8, 4) is 11.3 Å². The number of hydrogen-bond acceptors (Lipinski definition) is 6. The lowest BCUT2D eigenvalue weighted by Crippen LogP contribution is -2.25. The number of benzene rings is 1. The lowest BCUT2D eigenvalue weighted by atomic mass is 10.1. The van der Waals surface area contributed by atoms with E-state index >= 15 is 0 Å². The Kier molecular flexibility index (Phi) is 4.96. The van der Waals surface area contributed by atoms with Crippen molar-refractivity contribution in [3.05, 3.63) is 58.6 Å². The minimum Gasteiger partial charge on any atom is -0.480 e. The molecule has 144 valence electrons. The second-order valence-corrected chi connectivity index (χ2v) is 7.21. The van der Waals surface area contributed by atoms with Gasteiger partial charge in [0, 0.05) is 5.56 Å². The third-order valence-electron chi connectivity index (χ3n) is 3.79. The molecule has 0 saturated heterocycles. The van der Waals surface area contributed by atoms with Crippen molar-refractivity contribution in [2.45, 2.75) is 32.9 Å². The largest absolute Gasteiger partial charge is 0.480 e. The Morgan fingerprint density at radius 2 is 1.79 bits per heavy atom. The molecule has 0 amide bonds. The first-order chi connectivity index (χ1) is 13.1. The van der Waals surface area contributed by atoms with Gasteiger partial charge in [-0.2, -0.15) is 0 Å². The van der Waals surface area contributed by atoms with Crippen LogP contribution in [0, 0.1) is 0 Å². The van der Waals surface area contributed by atoms with E-state index in [1.54, 1.807) is 57.2 Å². The van der Waals surface area contributed by atoms with Crippen LogP contribution in [0.5, 0.6) is 0 Å². The highest BCUT2D eigenvalue weighted by Crippen LogP contribution is 2.20. The molecular weight excluding hydrogens is 362 g/mol. The fraction of sp³-hybridized carbons (Fsp3) is 0.250. The quantitative estimate of drug-likeness (QED) is 0.691. The van der Waals surface area contributed by atoms with Gasteiger partial charge in [-0.3, -0.25) is 14.2 Å². The van der Waals surface area contributed by atoms with Gasteiger partial charge in [0.25, 0.3) is 5.56 Å². The SMILES string of the molecule is CC(C)(C)OC(=O)c1ccc(-c2ccc3ncn(CC(=O)O)c(=O)c3n2)cc1. The molecule has 0 aliphatic rings. The number of aromatic nitrogens is 3. The number of carbonyl (C=O) groups is 2. The fourth-order valence-electron chi connectivity index (χ4n) is 2.57. The summed E-state index contributed by atoms with van der Waals surface area (Å²) in [6, 6.07) is 10.0. The van der Waals surface area contributed by atoms with Gasteiger partial charge in [-0.1, -0.05) is 12.1 Å². The Labute approximate surface area is 160 Å². The molecule has 0 radical (unpaired) electrons. The molecule has 1 N–H and O–H groups in total. The summed E-state index contributed by atoms with van der Waals surface area (Å²) in [4.78, 5) is 43.9. The van der Waals surface area contributed by atoms with E-state index in [2.05, 4.69) is 9.97 Å². The van der Waals surface area contributed by atoms with E-state index in [4.69, 9.17) is 9.84 Å². The summed E-state index contributed by atoms with van der Waals surface area (Å²) < 4.78 is 6.33. The molecule has 2 heterocycles. The molecule has 0 aliphatic carbocycles. The molecule has 3 rings (SSSR count). The highest BCUT2D eigenvalue weighted by Gasteiger charge is 2.18. The zero-order valence-corrected chi connectivity index (χ0v) is 15.7. The van der Waals surface area contributed by atoms with E-state index in [1.165, 1.54) is 6.33 Å². The molecule has 1 aromatic carbocycles. The zero-order valence-electron chi connectivity index (χ0n) is 15.7. The maximum absolute atomic E-state index is 12.5. The average molecular weight is 381 g/mol. The molecule has 28 heavy (non-hydrogen) atoms. The van der Waals surface area contributed by atoms with Crippen LogP contribution in [0.2, 0.25) is 0 Å². The van der Waals surface area contributed by atoms with E-state index in [0.29, 0.717) is 22.3 Å². The Balaban J connectivity index is 1.95. The van der Waals surface area contributed by atoms with Crippen molar-refractivity contribution in [3.63, 3.8) is 0 Å². The summed E-state index contributed by atoms with van der Waals surface area (Å²) in [6.07, 6.45) is 1.19. The van der Waals surface area contributed by atoms with Gasteiger partial charge in [0.15, 0.2) is 5.52 Å². The predicted octanol–water partition coefficient (Wildman–Crippen LogP) is 2.50. The Bertz CT molecular complexity index is 1110. The van der Waals surface area contributed by atoms with E-state index < -0.39 is 29.6 Å². The van der Waals surface area contributed by atoms with Crippen LogP contribution in [0.1, 0.15) is 31.1 Å². The van der Waals surface area contributed by atoms with Gasteiger partial charge in [0.05, 0.1) is 23.1 Å². The summed E-state index contributed by atoms with van der Waals surface area (Å²) in [6.45, 7) is 4.90. The van der Waals surface area contributed by atoms with Crippen molar-refractivity contribution in [2.24, 2.45) is 0 Å². The van der Waals surface area contributed by atoms with Gasteiger partial charge < -0.3 is 9.84 Å². The van der Waals surface area contributed by atoms with Gasteiger partial charge in [-0.15, -0.1) is 0 Å². The van der Waals surface area contributed by atoms with Crippen molar-refractivity contribution >= 4 is 23.0 Å². The van der Waals surface area contributed by atoms with Crippen LogP contribution in [0.15, 0.2) is 47.5 Å². The lowest BCUT2D eigenvalue weighted by Gasteiger charge is -2.19. The first kappa shape index (κ1) is 19.2. The van der Waals surface area contributed by atoms with Crippen LogP contribution in [0.4, 0.5) is 0 Å². The summed E-state index contributed by atoms with van der Waals surface area (Å²) in [5.74, 6) is -1.57. The minimum atomic E-state index is -1.14. The summed E-state index contributed by atoms with van der Waals surface area (Å²) >= 11 is 0. The smallest absolute Gasteiger partial charge is 0.338 e. The van der Waals surface area contributed by atoms with Gasteiger partial charge in [-0.25, -0.2) is 14.8 Å². The third-order valence-corrected chi connectivity index (χ3v) is 3.79. The molecule has 0 unspecified atom stereocenters. The Morgan fingerprint density at radius 1 is 1.11 bits per heavy atom. The normalized spacial score (nSPS) is 11.4. The van der Waals surface area contributed by atoms with Crippen LogP contribution < -0.4 is 5.56 Å². The number of hydrogen-bond donors (Lipinski definition) is 1. The molecule has 0 saturated carbocycles. The highest BCUT2D eigenvalue weighted by atomic mass is 16.6. The summed E-state index contributed by atoms with van der Waals surface area (Å²) in [7, 11) is 0. The minimum absolute atomic E-state index is 0.0810. The monoisotopic (exact) mass is 381 g/mol. The van der Waals surface area contributed by atoms with E-state index in [9.17, 15) is 14.4 Å². The number of ether oxygens (including phenoxy) is 1. The van der Waals surface area contributed by atoms with Crippen LogP contribution in [-0.4, -0.2) is 37.2 Å². The summed E-state index contributed by atoms with van der Waals surface area (Å²) in [5.41, 5.74) is 0.957. The van der Waals surface area contributed by atoms with Gasteiger partial charge in [0.2, 0.25) is 0 Å². The molecule has 8 heteroatoms. The molecule has 0 bridgehead atoms. The van der Waals surface area contributed by atoms with Crippen LogP contribution in [0.25, 0.3) is 22.3 Å². The Hall–Kier alpha value is -3.55. The highest BCUT2D eigenvalue weighted by molar-refractivity contribution is 5.90. The second kappa shape index (κ2) is 7.22. The molecule has 0 aliphatic heterocycles. The molecule has 0 atom stereocenters. The van der Waals surface area contributed by atoms with Crippen LogP contribution in [0.3, 0.4) is 0 Å². The van der Waals surface area contributed by atoms with Crippen LogP contribution >= 0.6 is 0 Å². The van der Waals surface area contributed by atoms with E-state index in [1.807, 2.05) is 0 Å². The van der Waals surface area contributed by atoms with Crippen LogP contribution in [-0.2, 0) is 16.1 Å². The number of nitrogens with zero attached hydrogens (tertiary/aromatic N) is 3. The van der Waals surface area contributed by atoms with Gasteiger partial charge in [-0.05, 0) is 45.0 Å². The first-order valence-electron chi connectivity index (χ1n) is 8.56. The average Bonchev–Trinajstić information content (AvgIpc) is 2.62. The molecule has 3 aromatic rings. The molecule has 0 spiro atoms. The summed E-state index contributed by atoms with van der Waals surface area (Å²) in [5, 5.41) is 8.89. The number of fused-ring (bicyclic) bond motifs is 1. The van der Waals surface area contributed by atoms with Crippen molar-refractivity contribution in [1.29, 1.82) is 0 Å². The Morgan fingerprint density at radius 3 is 2.39 bits per heavy atom. The number of esters is 1. The number of rotatable bonds is 4. The number of carboxylic acids is 1. The van der Waals surface area contributed by atoms with E-state index in [0.717, 1.165) is 4.57 Å². The maximum Gasteiger partial charge on any atom is 0.338 e. The first-order valence-corrected chi connectivity index (χ1v) is 8.56. The molecule has 8 nitrogen and oxygen atoms in total. The van der Waals surface area contributed by atoms with Crippen molar-refractivity contribution in [2.75, 3.05) is 0 Å². The number of aliphatic carboxylic acids is 1. The maximum atomic E-state index is 12.5. The fourth-order valence-corrected chi connectivity index (χ4v) is 2.57.